The molecule has 0 fully saturated rings. The number of nitro groups is 1. The highest BCUT2D eigenvalue weighted by atomic mass is 79.9. The number of unbranched alkanes of at least 4 members (excludes halogenated alkanes) is 15. The molecule has 0 aliphatic carbocycles. The van der Waals surface area contributed by atoms with E-state index >= 15 is 0 Å². The number of halogens is 4. The largest absolute Gasteiger partial charge is 0.504 e. The molecule has 0 spiro atoms. The van der Waals surface area contributed by atoms with Crippen molar-refractivity contribution in [3.8, 4) is 11.5 Å². The topological polar surface area (TPSA) is 97.3 Å². The third-order valence-electron chi connectivity index (χ3n) is 8.04. The van der Waals surface area contributed by atoms with E-state index in [1.807, 2.05) is 0 Å². The van der Waals surface area contributed by atoms with Crippen LogP contribution in [0.2, 0.25) is 0 Å². The number of azo groups is 1. The summed E-state index contributed by atoms with van der Waals surface area (Å²) in [5.41, 5.74) is -2.12. The van der Waals surface area contributed by atoms with E-state index in [1.165, 1.54) is 89.5 Å². The molecule has 0 bridgehead atoms. The zero-order valence-electron chi connectivity index (χ0n) is 26.6. The summed E-state index contributed by atoms with van der Waals surface area (Å²) in [6, 6.07) is 9.48. The molecule has 46 heavy (non-hydrogen) atoms. The Bertz CT molecular complexity index is 1430. The Hall–Kier alpha value is -3.21. The first kappa shape index (κ1) is 37.2. The van der Waals surface area contributed by atoms with Gasteiger partial charge in [0.05, 0.1) is 27.3 Å². The number of alkyl halides is 3. The van der Waals surface area contributed by atoms with Gasteiger partial charge in [0.15, 0.2) is 17.2 Å². The van der Waals surface area contributed by atoms with Gasteiger partial charge in [-0.1, -0.05) is 128 Å². The van der Waals surface area contributed by atoms with Gasteiger partial charge < -0.3 is 9.84 Å². The van der Waals surface area contributed by atoms with Crippen LogP contribution < -0.4 is 4.74 Å². The van der Waals surface area contributed by atoms with Crippen LogP contribution in [-0.2, 0) is 6.18 Å². The second kappa shape index (κ2) is 19.5. The smallest absolute Gasteiger partial charge is 0.416 e. The summed E-state index contributed by atoms with van der Waals surface area (Å²) in [6.45, 7) is 2.64. The Labute approximate surface area is 277 Å². The van der Waals surface area contributed by atoms with Crippen LogP contribution in [-0.4, -0.2) is 16.6 Å². The second-order valence-corrected chi connectivity index (χ2v) is 12.6. The molecule has 0 unspecified atom stereocenters. The summed E-state index contributed by atoms with van der Waals surface area (Å²) in [5.74, 6) is 0.127. The minimum Gasteiger partial charge on any atom is -0.504 e. The number of rotatable bonds is 21. The fraction of sp³-hybridized carbons (Fsp3) is 0.543. The van der Waals surface area contributed by atoms with Crippen LogP contribution >= 0.6 is 15.9 Å². The molecular weight excluding hydrogens is 663 g/mol. The number of nitrogens with zero attached hydrogens (tertiary/aromatic N) is 3. The predicted molar refractivity (Wildman–Crippen MR) is 181 cm³/mol. The van der Waals surface area contributed by atoms with E-state index in [0.29, 0.717) is 23.4 Å². The van der Waals surface area contributed by atoms with E-state index in [9.17, 15) is 28.4 Å². The first-order chi connectivity index (χ1) is 22.1. The van der Waals surface area contributed by atoms with Gasteiger partial charge in [-0.2, -0.15) is 13.2 Å². The van der Waals surface area contributed by atoms with Gasteiger partial charge in [-0.3, -0.25) is 10.1 Å². The normalized spacial score (nSPS) is 11.9. The molecule has 252 valence electrons. The lowest BCUT2D eigenvalue weighted by atomic mass is 10.0. The first-order valence-corrected chi connectivity index (χ1v) is 17.3. The monoisotopic (exact) mass is 707 g/mol. The summed E-state index contributed by atoms with van der Waals surface area (Å²) in [7, 11) is 0. The Morgan fingerprint density at radius 1 is 0.804 bits per heavy atom. The standard InChI is InChI=1S/C35H45BrF3N3O4/c1-2-3-4-5-6-7-8-9-10-11-12-13-14-15-16-19-22-46-32-25-30(27-20-17-18-21-28(27)34(32)43)40-41-33-29(36)23-26(35(37,38)39)24-31(33)42(44)45/h17-18,20-21,23-25,43H,2-16,19,22H2,1H3. The van der Waals surface area contributed by atoms with Crippen molar-refractivity contribution in [2.75, 3.05) is 6.61 Å². The summed E-state index contributed by atoms with van der Waals surface area (Å²) >= 11 is 2.98. The van der Waals surface area contributed by atoms with E-state index in [-0.39, 0.29) is 27.3 Å². The maximum absolute atomic E-state index is 13.2. The number of hydrogen-bond donors (Lipinski definition) is 1. The minimum atomic E-state index is -4.77. The number of nitro benzene ring substituents is 1. The Kier molecular flexibility index (Phi) is 15.8. The first-order valence-electron chi connectivity index (χ1n) is 16.5. The lowest BCUT2D eigenvalue weighted by molar-refractivity contribution is -0.384. The summed E-state index contributed by atoms with van der Waals surface area (Å²) < 4.78 is 45.4. The number of fused-ring (bicyclic) bond motifs is 1. The SMILES string of the molecule is CCCCCCCCCCCCCCCCCCOc1cc(N=Nc2c(Br)cc(C(F)(F)F)cc2[N+](=O)[O-])c2ccccc2c1O. The molecule has 0 atom stereocenters. The van der Waals surface area contributed by atoms with Crippen molar-refractivity contribution in [1.29, 1.82) is 0 Å². The fourth-order valence-corrected chi connectivity index (χ4v) is 5.96. The zero-order chi connectivity index (χ0) is 33.4. The Balaban J connectivity index is 1.50. The molecule has 1 N–H and O–H groups in total. The van der Waals surface area contributed by atoms with Gasteiger partial charge >= 0.3 is 6.18 Å². The van der Waals surface area contributed by atoms with Crippen LogP contribution in [0.5, 0.6) is 11.5 Å². The molecule has 7 nitrogen and oxygen atoms in total. The van der Waals surface area contributed by atoms with E-state index < -0.39 is 22.4 Å². The molecule has 0 aliphatic rings. The van der Waals surface area contributed by atoms with Crippen molar-refractivity contribution < 1.29 is 27.9 Å². The average molecular weight is 709 g/mol. The molecule has 11 heteroatoms. The molecule has 0 amide bonds. The van der Waals surface area contributed by atoms with Crippen molar-refractivity contribution >= 4 is 43.8 Å². The second-order valence-electron chi connectivity index (χ2n) is 11.7. The molecular formula is C35H45BrF3N3O4. The molecule has 0 saturated heterocycles. The molecule has 3 rings (SSSR count). The van der Waals surface area contributed by atoms with Gasteiger partial charge in [0, 0.05) is 22.9 Å². The van der Waals surface area contributed by atoms with Gasteiger partial charge in [0.25, 0.3) is 5.69 Å². The average Bonchev–Trinajstić information content (AvgIpc) is 3.02. The highest BCUT2D eigenvalue weighted by Crippen LogP contribution is 2.44. The lowest BCUT2D eigenvalue weighted by Gasteiger charge is -2.12. The number of phenols is 1. The predicted octanol–water partition coefficient (Wildman–Crippen LogP) is 13.3. The molecule has 0 aromatic heterocycles. The van der Waals surface area contributed by atoms with Crippen LogP contribution in [0.1, 0.15) is 115 Å². The maximum Gasteiger partial charge on any atom is 0.416 e. The number of phenolic OH excluding ortho intramolecular Hbond substituents is 1. The van der Waals surface area contributed by atoms with Gasteiger partial charge in [0.1, 0.15) is 0 Å². The van der Waals surface area contributed by atoms with Gasteiger partial charge in [-0.05, 0) is 28.4 Å². The number of benzene rings is 3. The minimum absolute atomic E-state index is 0.0623. The molecule has 0 heterocycles. The van der Waals surface area contributed by atoms with Crippen molar-refractivity contribution in [2.45, 2.75) is 116 Å². The van der Waals surface area contributed by atoms with Crippen molar-refractivity contribution in [2.24, 2.45) is 10.2 Å². The Morgan fingerprint density at radius 2 is 1.33 bits per heavy atom. The van der Waals surface area contributed by atoms with Gasteiger partial charge in [0.2, 0.25) is 0 Å². The number of aromatic hydroxyl groups is 1. The number of hydrogen-bond acceptors (Lipinski definition) is 6. The van der Waals surface area contributed by atoms with E-state index in [2.05, 4.69) is 33.1 Å². The van der Waals surface area contributed by atoms with E-state index in [4.69, 9.17) is 4.74 Å². The van der Waals surface area contributed by atoms with Gasteiger partial charge in [-0.25, -0.2) is 0 Å². The van der Waals surface area contributed by atoms with Crippen LogP contribution in [0.3, 0.4) is 0 Å². The van der Waals surface area contributed by atoms with Crippen LogP contribution in [0.4, 0.5) is 30.2 Å². The summed E-state index contributed by atoms with van der Waals surface area (Å²) in [4.78, 5) is 10.6. The quantitative estimate of drug-likeness (QED) is 0.0515. The van der Waals surface area contributed by atoms with Crippen LogP contribution in [0.15, 0.2) is 57.2 Å². The lowest BCUT2D eigenvalue weighted by Crippen LogP contribution is -2.05. The van der Waals surface area contributed by atoms with E-state index in [0.717, 1.165) is 25.3 Å². The van der Waals surface area contributed by atoms with E-state index in [1.54, 1.807) is 24.3 Å². The molecule has 0 radical (unpaired) electrons. The molecule has 0 aliphatic heterocycles. The molecule has 0 saturated carbocycles. The van der Waals surface area contributed by atoms with Crippen molar-refractivity contribution in [1.82, 2.24) is 0 Å². The summed E-state index contributed by atoms with van der Waals surface area (Å²) in [6.07, 6.45) is 15.4. The highest BCUT2D eigenvalue weighted by Gasteiger charge is 2.34. The fourth-order valence-electron chi connectivity index (χ4n) is 5.43. The van der Waals surface area contributed by atoms with Crippen LogP contribution in [0.25, 0.3) is 10.8 Å². The third kappa shape index (κ3) is 11.9. The maximum atomic E-state index is 13.2. The van der Waals surface area contributed by atoms with Gasteiger partial charge in [-0.15, -0.1) is 10.2 Å². The van der Waals surface area contributed by atoms with Crippen molar-refractivity contribution in [3.05, 3.63) is 62.6 Å². The Morgan fingerprint density at radius 3 is 1.85 bits per heavy atom. The zero-order valence-corrected chi connectivity index (χ0v) is 28.2. The van der Waals surface area contributed by atoms with Crippen molar-refractivity contribution in [3.63, 3.8) is 0 Å². The third-order valence-corrected chi connectivity index (χ3v) is 8.64. The number of ether oxygens (including phenoxy) is 1. The summed E-state index contributed by atoms with van der Waals surface area (Å²) in [5, 5.41) is 31.5. The molecule has 3 aromatic carbocycles. The molecule has 3 aromatic rings. The highest BCUT2D eigenvalue weighted by molar-refractivity contribution is 9.10. The van der Waals surface area contributed by atoms with Crippen LogP contribution in [0, 0.1) is 10.1 Å².